The lowest BCUT2D eigenvalue weighted by Gasteiger charge is -1.87. The van der Waals surface area contributed by atoms with Crippen LogP contribution in [0.4, 0.5) is 0 Å². The molecule has 0 rings (SSSR count). The minimum Gasteiger partial charge on any atom is -0.130 e. The predicted octanol–water partition coefficient (Wildman–Crippen LogP) is 4.11. The highest BCUT2D eigenvalue weighted by Gasteiger charge is 2.16. The van der Waals surface area contributed by atoms with Crippen molar-refractivity contribution in [3.05, 3.63) is 0 Å². The van der Waals surface area contributed by atoms with Gasteiger partial charge >= 0.3 is 10.7 Å². The van der Waals surface area contributed by atoms with Crippen LogP contribution in [-0.4, -0.2) is 10.7 Å². The smallest absolute Gasteiger partial charge is 0.130 e. The van der Waals surface area contributed by atoms with E-state index in [2.05, 4.69) is 30.6 Å². The van der Waals surface area contributed by atoms with E-state index in [0.29, 0.717) is 0 Å². The Labute approximate surface area is 95.4 Å². The predicted molar refractivity (Wildman–Crippen MR) is 60.0 cm³/mol. The first-order chi connectivity index (χ1) is 3.73. The molecule has 0 nitrogen and oxygen atoms in total. The number of rotatable bonds is 0. The molecule has 0 bridgehead atoms. The van der Waals surface area contributed by atoms with Crippen LogP contribution in [0.25, 0.3) is 0 Å². The Morgan fingerprint density at radius 3 is 1.00 bits per heavy atom. The molecule has 0 aliphatic rings. The zero-order valence-electron chi connectivity index (χ0n) is 3.72. The van der Waals surface area contributed by atoms with Gasteiger partial charge in [-0.15, -0.1) is 55.4 Å². The Morgan fingerprint density at radius 2 is 1.00 bits per heavy atom. The van der Waals surface area contributed by atoms with E-state index in [4.69, 9.17) is 55.4 Å². The van der Waals surface area contributed by atoms with E-state index >= 15 is 0 Å². The minimum atomic E-state index is -2.04. The third kappa shape index (κ3) is 105. The van der Waals surface area contributed by atoms with E-state index in [-0.39, 0.29) is 0 Å². The highest BCUT2D eigenvalue weighted by atomic mass is 79.9. The summed E-state index contributed by atoms with van der Waals surface area (Å²) in [6.45, 7) is -1.72. The standard InChI is InChI=1S/Br2Cl2Si.Cl3HSi/c1-5(2,3)4;1-4(2)3/h;4H. The normalized spacial score (nSPS) is 10.7. The molecule has 0 aromatic carbocycles. The van der Waals surface area contributed by atoms with Crippen LogP contribution in [0.1, 0.15) is 0 Å². The number of hydrogen-bond donors (Lipinski definition) is 0. The fourth-order valence-electron chi connectivity index (χ4n) is 0. The highest BCUT2D eigenvalue weighted by molar-refractivity contribution is 9.54. The van der Waals surface area contributed by atoms with Gasteiger partial charge in [-0.3, -0.25) is 0 Å². The second-order valence-corrected chi connectivity index (χ2v) is 27.8. The Morgan fingerprint density at radius 1 is 1.00 bits per heavy atom. The maximum Gasteiger partial charge on any atom is 0.387 e. The van der Waals surface area contributed by atoms with E-state index in [0.717, 1.165) is 0 Å². The average molecular weight is 394 g/mol. The van der Waals surface area contributed by atoms with Gasteiger partial charge in [-0.2, -0.15) is 0 Å². The lowest BCUT2D eigenvalue weighted by molar-refractivity contribution is 4.07. The quantitative estimate of drug-likeness (QED) is 0.429. The molecular weight excluding hydrogens is 393 g/mol. The van der Waals surface area contributed by atoms with Crippen LogP contribution in [0.2, 0.25) is 0 Å². The van der Waals surface area contributed by atoms with Crippen LogP contribution < -0.4 is 0 Å². The summed E-state index contributed by atoms with van der Waals surface area (Å²) < 4.78 is -2.04. The van der Waals surface area contributed by atoms with Gasteiger partial charge < -0.3 is 0 Å². The molecule has 0 radical (unpaired) electrons. The van der Waals surface area contributed by atoms with Crippen molar-refractivity contribution in [2.75, 3.05) is 0 Å². The van der Waals surface area contributed by atoms with Crippen molar-refractivity contribution in [3.8, 4) is 0 Å². The molecule has 0 N–H and O–H groups in total. The fraction of sp³-hybridized carbons (Fsp3) is 0. The van der Waals surface area contributed by atoms with Crippen LogP contribution in [0.15, 0.2) is 0 Å². The molecule has 0 atom stereocenters. The minimum absolute atomic E-state index is 1.72. The molecule has 0 spiro atoms. The maximum atomic E-state index is 5.27. The molecule has 0 aliphatic carbocycles. The first-order valence-electron chi connectivity index (χ1n) is 1.41. The molecule has 9 heavy (non-hydrogen) atoms. The van der Waals surface area contributed by atoms with Crippen molar-refractivity contribution >= 4 is 96.6 Å². The van der Waals surface area contributed by atoms with E-state index in [1.54, 1.807) is 0 Å². The summed E-state index contributed by atoms with van der Waals surface area (Å²) >= 11 is 31.3. The molecule has 0 fully saturated rings. The van der Waals surface area contributed by atoms with Crippen molar-refractivity contribution in [3.63, 3.8) is 0 Å². The second-order valence-electron chi connectivity index (χ2n) is 0.676. The number of halogens is 7. The third-order valence-corrected chi connectivity index (χ3v) is 0. The van der Waals surface area contributed by atoms with Gasteiger partial charge in [0.1, 0.15) is 0 Å². The molecule has 58 valence electrons. The van der Waals surface area contributed by atoms with Gasteiger partial charge in [0.25, 0.3) is 0 Å². The lowest BCUT2D eigenvalue weighted by atomic mass is 27.7. The monoisotopic (exact) mass is 390 g/mol. The van der Waals surface area contributed by atoms with Crippen LogP contribution in [0.5, 0.6) is 0 Å². The second kappa shape index (κ2) is 7.49. The summed E-state index contributed by atoms with van der Waals surface area (Å²) in [6.07, 6.45) is 0. The molecular formula is HBr2Cl5Si2. The van der Waals surface area contributed by atoms with E-state index in [1.807, 2.05) is 0 Å². The van der Waals surface area contributed by atoms with Gasteiger partial charge in [0, 0.05) is 0 Å². The van der Waals surface area contributed by atoms with E-state index < -0.39 is 10.7 Å². The van der Waals surface area contributed by atoms with Crippen LogP contribution in [-0.2, 0) is 0 Å². The van der Waals surface area contributed by atoms with Gasteiger partial charge in [-0.05, 0) is 0 Å². The first-order valence-corrected chi connectivity index (χ1v) is 15.2. The summed E-state index contributed by atoms with van der Waals surface area (Å²) in [7, 11) is 0. The number of hydrogen-bond acceptors (Lipinski definition) is 0. The van der Waals surface area contributed by atoms with Gasteiger partial charge in [-0.25, -0.2) is 0 Å². The zero-order chi connectivity index (χ0) is 8.08. The summed E-state index contributed by atoms with van der Waals surface area (Å²) in [5, 5.41) is 0. The van der Waals surface area contributed by atoms with Crippen molar-refractivity contribution in [2.45, 2.75) is 0 Å². The van der Waals surface area contributed by atoms with E-state index in [1.165, 1.54) is 0 Å². The topological polar surface area (TPSA) is 0 Å². The fourth-order valence-corrected chi connectivity index (χ4v) is 0. The van der Waals surface area contributed by atoms with Crippen LogP contribution in [0.3, 0.4) is 0 Å². The van der Waals surface area contributed by atoms with Gasteiger partial charge in [0.15, 0.2) is 0 Å². The van der Waals surface area contributed by atoms with Gasteiger partial charge in [0.05, 0.1) is 0 Å². The average Bonchev–Trinajstić information content (AvgIpc) is 1.19. The maximum absolute atomic E-state index is 5.27. The molecule has 0 heterocycles. The van der Waals surface area contributed by atoms with Crippen molar-refractivity contribution in [1.29, 1.82) is 0 Å². The molecule has 0 saturated heterocycles. The molecule has 0 amide bonds. The molecule has 0 aliphatic heterocycles. The summed E-state index contributed by atoms with van der Waals surface area (Å²) in [6, 6.07) is 0. The van der Waals surface area contributed by atoms with Crippen molar-refractivity contribution < 1.29 is 0 Å². The summed E-state index contributed by atoms with van der Waals surface area (Å²) in [5.74, 6) is 0. The molecule has 0 aromatic rings. The highest BCUT2D eigenvalue weighted by Crippen LogP contribution is 2.28. The third-order valence-electron chi connectivity index (χ3n) is 0. The van der Waals surface area contributed by atoms with E-state index in [9.17, 15) is 0 Å². The summed E-state index contributed by atoms with van der Waals surface area (Å²) in [5.41, 5.74) is 0. The SMILES string of the molecule is Cl[SiH](Cl)Cl.Cl[Si](Cl)(Br)Br. The molecule has 0 aromatic heterocycles. The van der Waals surface area contributed by atoms with Gasteiger partial charge in [0.2, 0.25) is 0 Å². The molecule has 0 unspecified atom stereocenters. The van der Waals surface area contributed by atoms with Crippen molar-refractivity contribution in [2.24, 2.45) is 0 Å². The summed E-state index contributed by atoms with van der Waals surface area (Å²) in [4.78, 5) is 0. The largest absolute Gasteiger partial charge is 0.387 e. The Kier molecular flexibility index (Phi) is 12.0. The van der Waals surface area contributed by atoms with Crippen LogP contribution >= 0.6 is 86.0 Å². The molecule has 0 saturated carbocycles. The Balaban J connectivity index is 0. The molecule has 9 heteroatoms. The Hall–Kier alpha value is 2.84. The first kappa shape index (κ1) is 14.4. The lowest BCUT2D eigenvalue weighted by Crippen LogP contribution is -1.89. The Bertz CT molecular complexity index is 49.7. The zero-order valence-corrected chi connectivity index (χ0v) is 12.8. The van der Waals surface area contributed by atoms with Crippen LogP contribution in [0, 0.1) is 0 Å². The van der Waals surface area contributed by atoms with Crippen molar-refractivity contribution in [1.82, 2.24) is 0 Å². The van der Waals surface area contributed by atoms with Gasteiger partial charge in [-0.1, -0.05) is 30.6 Å².